The molecule has 0 amide bonds. The summed E-state index contributed by atoms with van der Waals surface area (Å²) in [6.07, 6.45) is 3.68. The van der Waals surface area contributed by atoms with Crippen LogP contribution < -0.4 is 9.80 Å². The molecular weight excluding hydrogens is 330 g/mol. The summed E-state index contributed by atoms with van der Waals surface area (Å²) in [5.74, 6) is 1.08. The van der Waals surface area contributed by atoms with Gasteiger partial charge < -0.3 is 9.80 Å². The molecule has 2 fully saturated rings. The van der Waals surface area contributed by atoms with Crippen LogP contribution in [0.4, 0.5) is 11.4 Å². The molecule has 2 aliphatic heterocycles. The first-order valence-corrected chi connectivity index (χ1v) is 9.85. The fourth-order valence-corrected chi connectivity index (χ4v) is 5.62. The smallest absolute Gasteiger partial charge is 0.153 e. The van der Waals surface area contributed by atoms with E-state index in [0.717, 1.165) is 5.84 Å². The molecule has 0 bridgehead atoms. The Morgan fingerprint density at radius 2 is 1.67 bits per heavy atom. The van der Waals surface area contributed by atoms with Gasteiger partial charge in [-0.1, -0.05) is 56.3 Å². The summed E-state index contributed by atoms with van der Waals surface area (Å²) in [7, 11) is 1.92. The number of aliphatic imine (C=N–C) groups is 1. The zero-order valence-electron chi connectivity index (χ0n) is 16.8. The molecule has 138 valence electrons. The minimum atomic E-state index is 0.185. The van der Waals surface area contributed by atoms with E-state index in [1.165, 1.54) is 34.6 Å². The topological polar surface area (TPSA) is 18.8 Å². The van der Waals surface area contributed by atoms with E-state index in [9.17, 15) is 0 Å². The maximum atomic E-state index is 4.77. The van der Waals surface area contributed by atoms with Gasteiger partial charge in [0.15, 0.2) is 5.84 Å². The average Bonchev–Trinajstić information content (AvgIpc) is 3.11. The standard InChI is InChI=1S/C24H27N3/c1-6-18-21(25-5)27-20-14-10-8-12-17(20)23(3)15-24(23,4)22(27)26(18)19-13-9-7-11-16(19)2/h6-14,22H,15H2,1-5H3/b18-6+,25-21+. The van der Waals surface area contributed by atoms with Gasteiger partial charge in [-0.05, 0) is 43.5 Å². The summed E-state index contributed by atoms with van der Waals surface area (Å²) in [6, 6.07) is 17.6. The molecule has 3 unspecified atom stereocenters. The zero-order valence-corrected chi connectivity index (χ0v) is 16.8. The quantitative estimate of drug-likeness (QED) is 0.693. The molecule has 1 saturated carbocycles. The van der Waals surface area contributed by atoms with Gasteiger partial charge in [0.05, 0.1) is 5.70 Å². The minimum Gasteiger partial charge on any atom is -0.316 e. The monoisotopic (exact) mass is 357 g/mol. The number of para-hydroxylation sites is 2. The highest BCUT2D eigenvalue weighted by Crippen LogP contribution is 2.73. The number of nitrogens with zero attached hydrogens (tertiary/aromatic N) is 3. The number of hydrogen-bond donors (Lipinski definition) is 0. The minimum absolute atomic E-state index is 0.185. The number of aryl methyl sites for hydroxylation is 1. The number of allylic oxidation sites excluding steroid dienone is 1. The van der Waals surface area contributed by atoms with E-state index in [1.807, 2.05) is 7.05 Å². The zero-order chi connectivity index (χ0) is 19.0. The predicted molar refractivity (Wildman–Crippen MR) is 114 cm³/mol. The predicted octanol–water partition coefficient (Wildman–Crippen LogP) is 5.26. The van der Waals surface area contributed by atoms with Gasteiger partial charge in [0.1, 0.15) is 6.17 Å². The molecule has 1 aliphatic carbocycles. The van der Waals surface area contributed by atoms with Crippen LogP contribution in [0.15, 0.2) is 65.3 Å². The molecule has 3 atom stereocenters. The first-order chi connectivity index (χ1) is 13.0. The summed E-state index contributed by atoms with van der Waals surface area (Å²) in [6.45, 7) is 9.23. The molecule has 27 heavy (non-hydrogen) atoms. The van der Waals surface area contributed by atoms with Crippen molar-refractivity contribution in [2.24, 2.45) is 10.4 Å². The van der Waals surface area contributed by atoms with Crippen molar-refractivity contribution in [2.75, 3.05) is 16.8 Å². The molecule has 3 heteroatoms. The van der Waals surface area contributed by atoms with E-state index in [4.69, 9.17) is 4.99 Å². The Hall–Kier alpha value is -2.55. The third-order valence-corrected chi connectivity index (χ3v) is 7.25. The van der Waals surface area contributed by atoms with Crippen molar-refractivity contribution in [2.45, 2.75) is 45.7 Å². The maximum Gasteiger partial charge on any atom is 0.153 e. The van der Waals surface area contributed by atoms with E-state index in [2.05, 4.69) is 92.1 Å². The van der Waals surface area contributed by atoms with Gasteiger partial charge in [0, 0.05) is 29.3 Å². The number of hydrogen-bond acceptors (Lipinski definition) is 2. The highest BCUT2D eigenvalue weighted by atomic mass is 15.5. The van der Waals surface area contributed by atoms with Crippen LogP contribution in [0.1, 0.15) is 38.3 Å². The second-order valence-corrected chi connectivity index (χ2v) is 8.56. The van der Waals surface area contributed by atoms with Crippen LogP contribution in [0, 0.1) is 12.3 Å². The second-order valence-electron chi connectivity index (χ2n) is 8.56. The molecule has 0 spiro atoms. The van der Waals surface area contributed by atoms with Crippen molar-refractivity contribution in [1.29, 1.82) is 0 Å². The van der Waals surface area contributed by atoms with Crippen molar-refractivity contribution in [3.63, 3.8) is 0 Å². The third kappa shape index (κ3) is 1.85. The molecule has 0 radical (unpaired) electrons. The van der Waals surface area contributed by atoms with Gasteiger partial charge in [-0.15, -0.1) is 0 Å². The summed E-state index contributed by atoms with van der Waals surface area (Å²) in [5, 5.41) is 0. The molecule has 2 heterocycles. The number of amidine groups is 1. The van der Waals surface area contributed by atoms with Crippen LogP contribution in [-0.4, -0.2) is 19.0 Å². The van der Waals surface area contributed by atoms with Crippen LogP contribution in [0.25, 0.3) is 0 Å². The van der Waals surface area contributed by atoms with E-state index in [1.54, 1.807) is 0 Å². The molecule has 0 N–H and O–H groups in total. The van der Waals surface area contributed by atoms with Crippen LogP contribution in [0.3, 0.4) is 0 Å². The largest absolute Gasteiger partial charge is 0.316 e. The van der Waals surface area contributed by atoms with E-state index < -0.39 is 0 Å². The third-order valence-electron chi connectivity index (χ3n) is 7.25. The number of fused-ring (bicyclic) bond motifs is 6. The van der Waals surface area contributed by atoms with Crippen LogP contribution in [0.5, 0.6) is 0 Å². The van der Waals surface area contributed by atoms with E-state index in [-0.39, 0.29) is 17.0 Å². The van der Waals surface area contributed by atoms with Crippen LogP contribution in [0.2, 0.25) is 0 Å². The lowest BCUT2D eigenvalue weighted by molar-refractivity contribution is 0.374. The Morgan fingerprint density at radius 3 is 2.33 bits per heavy atom. The van der Waals surface area contributed by atoms with Gasteiger partial charge >= 0.3 is 0 Å². The van der Waals surface area contributed by atoms with Crippen molar-refractivity contribution >= 4 is 17.2 Å². The summed E-state index contributed by atoms with van der Waals surface area (Å²) < 4.78 is 0. The Bertz CT molecular complexity index is 1000. The fourth-order valence-electron chi connectivity index (χ4n) is 5.62. The van der Waals surface area contributed by atoms with E-state index >= 15 is 0 Å². The van der Waals surface area contributed by atoms with Gasteiger partial charge in [-0.3, -0.25) is 4.99 Å². The van der Waals surface area contributed by atoms with Crippen molar-refractivity contribution in [3.05, 3.63) is 71.4 Å². The van der Waals surface area contributed by atoms with Gasteiger partial charge in [0.25, 0.3) is 0 Å². The Labute approximate surface area is 162 Å². The molecule has 1 saturated heterocycles. The Kier molecular flexibility index (Phi) is 3.23. The SMILES string of the molecule is C/C=C1\C(=N/C)N2c3ccccc3C3(C)CC3(C)C2N1c1ccccc1C. The molecular formula is C24H27N3. The lowest BCUT2D eigenvalue weighted by atomic mass is 9.81. The summed E-state index contributed by atoms with van der Waals surface area (Å²) >= 11 is 0. The average molecular weight is 358 g/mol. The molecule has 0 aromatic heterocycles. The first-order valence-electron chi connectivity index (χ1n) is 9.85. The Morgan fingerprint density at radius 1 is 1.00 bits per heavy atom. The molecule has 3 aliphatic rings. The molecule has 2 aromatic rings. The van der Waals surface area contributed by atoms with Crippen LogP contribution in [-0.2, 0) is 5.41 Å². The van der Waals surface area contributed by atoms with Gasteiger partial charge in [-0.25, -0.2) is 0 Å². The lowest BCUT2D eigenvalue weighted by Crippen LogP contribution is -2.51. The highest BCUT2D eigenvalue weighted by molar-refractivity contribution is 6.17. The van der Waals surface area contributed by atoms with Crippen molar-refractivity contribution in [3.8, 4) is 0 Å². The van der Waals surface area contributed by atoms with Gasteiger partial charge in [0.2, 0.25) is 0 Å². The normalized spacial score (nSPS) is 33.9. The number of rotatable bonds is 1. The second kappa shape index (κ2) is 5.25. The number of anilines is 2. The summed E-state index contributed by atoms with van der Waals surface area (Å²) in [5.41, 5.74) is 6.98. The molecule has 5 rings (SSSR count). The van der Waals surface area contributed by atoms with Crippen molar-refractivity contribution < 1.29 is 0 Å². The van der Waals surface area contributed by atoms with Gasteiger partial charge in [-0.2, -0.15) is 0 Å². The molecule has 2 aromatic carbocycles. The molecule has 3 nitrogen and oxygen atoms in total. The van der Waals surface area contributed by atoms with Crippen molar-refractivity contribution in [1.82, 2.24) is 0 Å². The van der Waals surface area contributed by atoms with Crippen LogP contribution >= 0.6 is 0 Å². The van der Waals surface area contributed by atoms with E-state index in [0.29, 0.717) is 0 Å². The number of benzene rings is 2. The maximum absolute atomic E-state index is 4.77. The summed E-state index contributed by atoms with van der Waals surface area (Å²) in [4.78, 5) is 9.80. The first kappa shape index (κ1) is 16.6. The fraction of sp³-hybridized carbons (Fsp3) is 0.375. The Balaban J connectivity index is 1.81. The highest BCUT2D eigenvalue weighted by Gasteiger charge is 2.73. The lowest BCUT2D eigenvalue weighted by Gasteiger charge is -2.44.